The number of carbonyl (C=O) groups is 1. The zero-order valence-electron chi connectivity index (χ0n) is 15.1. The Morgan fingerprint density at radius 3 is 2.63 bits per heavy atom. The quantitative estimate of drug-likeness (QED) is 0.847. The van der Waals surface area contributed by atoms with Gasteiger partial charge in [-0.1, -0.05) is 5.16 Å². The number of benzene rings is 1. The number of amides is 1. The summed E-state index contributed by atoms with van der Waals surface area (Å²) in [6.07, 6.45) is 0.950. The van der Waals surface area contributed by atoms with Gasteiger partial charge in [0, 0.05) is 44.4 Å². The van der Waals surface area contributed by atoms with Gasteiger partial charge in [-0.25, -0.2) is 8.42 Å². The molecule has 0 atom stereocenters. The van der Waals surface area contributed by atoms with Crippen molar-refractivity contribution in [3.8, 4) is 0 Å². The molecule has 1 saturated heterocycles. The van der Waals surface area contributed by atoms with E-state index in [0.717, 1.165) is 17.0 Å². The number of aromatic nitrogens is 1. The molecule has 2 aliphatic heterocycles. The van der Waals surface area contributed by atoms with Crippen molar-refractivity contribution < 1.29 is 17.7 Å². The monoisotopic (exact) mass is 390 g/mol. The summed E-state index contributed by atoms with van der Waals surface area (Å²) in [6.45, 7) is 4.65. The van der Waals surface area contributed by atoms with Crippen molar-refractivity contribution in [1.82, 2.24) is 14.4 Å². The molecular weight excluding hydrogens is 368 g/mol. The van der Waals surface area contributed by atoms with E-state index >= 15 is 0 Å². The van der Waals surface area contributed by atoms with Crippen molar-refractivity contribution in [2.75, 3.05) is 31.5 Å². The van der Waals surface area contributed by atoms with Gasteiger partial charge in [0.15, 0.2) is 5.76 Å². The van der Waals surface area contributed by atoms with E-state index in [1.54, 1.807) is 18.2 Å². The number of piperazine rings is 1. The van der Waals surface area contributed by atoms with Crippen LogP contribution in [0.3, 0.4) is 0 Å². The van der Waals surface area contributed by atoms with Gasteiger partial charge >= 0.3 is 0 Å². The molecule has 1 N–H and O–H groups in total. The lowest BCUT2D eigenvalue weighted by Crippen LogP contribution is -2.48. The highest BCUT2D eigenvalue weighted by Gasteiger charge is 2.29. The van der Waals surface area contributed by atoms with Crippen molar-refractivity contribution in [2.45, 2.75) is 31.2 Å². The van der Waals surface area contributed by atoms with Crippen molar-refractivity contribution in [1.29, 1.82) is 0 Å². The normalized spacial score (nSPS) is 18.9. The topological polar surface area (TPSA) is 95.8 Å². The number of fused-ring (bicyclic) bond motifs is 1. The second-order valence-corrected chi connectivity index (χ2v) is 8.92. The zero-order chi connectivity index (χ0) is 19.0. The lowest BCUT2D eigenvalue weighted by molar-refractivity contribution is -0.116. The summed E-state index contributed by atoms with van der Waals surface area (Å²) < 4.78 is 32.8. The molecule has 0 saturated carbocycles. The lowest BCUT2D eigenvalue weighted by Gasteiger charge is -2.33. The molecule has 0 spiro atoms. The first-order valence-corrected chi connectivity index (χ1v) is 10.4. The Hall–Kier alpha value is -2.23. The lowest BCUT2D eigenvalue weighted by atomic mass is 10.0. The molecule has 2 aliphatic rings. The molecule has 1 aromatic carbocycles. The fourth-order valence-corrected chi connectivity index (χ4v) is 4.98. The molecule has 144 valence electrons. The van der Waals surface area contributed by atoms with Crippen LogP contribution < -0.4 is 5.32 Å². The first-order chi connectivity index (χ1) is 12.9. The number of nitrogens with one attached hydrogen (secondary N) is 1. The third-order valence-electron chi connectivity index (χ3n) is 5.00. The molecule has 8 nitrogen and oxygen atoms in total. The predicted molar refractivity (Wildman–Crippen MR) is 98.7 cm³/mol. The van der Waals surface area contributed by atoms with E-state index in [-0.39, 0.29) is 10.8 Å². The van der Waals surface area contributed by atoms with Crippen LogP contribution in [0.25, 0.3) is 0 Å². The number of nitrogens with zero attached hydrogens (tertiary/aromatic N) is 3. The van der Waals surface area contributed by atoms with E-state index in [4.69, 9.17) is 4.52 Å². The van der Waals surface area contributed by atoms with Crippen molar-refractivity contribution in [3.63, 3.8) is 0 Å². The van der Waals surface area contributed by atoms with E-state index in [9.17, 15) is 13.2 Å². The first kappa shape index (κ1) is 18.1. The Labute approximate surface area is 158 Å². The highest BCUT2D eigenvalue weighted by molar-refractivity contribution is 7.89. The maximum atomic E-state index is 13.0. The van der Waals surface area contributed by atoms with Gasteiger partial charge in [0.25, 0.3) is 0 Å². The van der Waals surface area contributed by atoms with Gasteiger partial charge in [0.05, 0.1) is 17.1 Å². The molecule has 4 rings (SSSR count). The Balaban J connectivity index is 1.43. The number of anilines is 1. The SMILES string of the molecule is Cc1cc(CN2CCN(S(=O)(=O)c3ccc4c(c3)CCC(=O)N4)CC2)on1. The molecule has 1 aromatic heterocycles. The summed E-state index contributed by atoms with van der Waals surface area (Å²) in [6, 6.07) is 6.84. The molecule has 1 amide bonds. The minimum absolute atomic E-state index is 0.0313. The summed E-state index contributed by atoms with van der Waals surface area (Å²) >= 11 is 0. The van der Waals surface area contributed by atoms with E-state index in [1.165, 1.54) is 4.31 Å². The number of hydrogen-bond acceptors (Lipinski definition) is 6. The van der Waals surface area contributed by atoms with Crippen LogP contribution in [0.4, 0.5) is 5.69 Å². The van der Waals surface area contributed by atoms with Gasteiger partial charge in [0.1, 0.15) is 0 Å². The molecule has 27 heavy (non-hydrogen) atoms. The third-order valence-corrected chi connectivity index (χ3v) is 6.89. The highest BCUT2D eigenvalue weighted by Crippen LogP contribution is 2.27. The summed E-state index contributed by atoms with van der Waals surface area (Å²) in [5.74, 6) is 0.761. The molecule has 0 aliphatic carbocycles. The second kappa shape index (κ2) is 7.06. The molecule has 1 fully saturated rings. The van der Waals surface area contributed by atoms with Crippen LogP contribution in [-0.2, 0) is 27.8 Å². The largest absolute Gasteiger partial charge is 0.360 e. The summed E-state index contributed by atoms with van der Waals surface area (Å²) in [7, 11) is -3.54. The minimum atomic E-state index is -3.54. The molecule has 0 bridgehead atoms. The standard InChI is InChI=1S/C18H22N4O4S/c1-13-10-15(26-20-13)12-21-6-8-22(9-7-21)27(24,25)16-3-4-17-14(11-16)2-5-18(23)19-17/h3-4,10-11H,2,5-9,12H2,1H3,(H,19,23). The average molecular weight is 390 g/mol. The summed E-state index contributed by atoms with van der Waals surface area (Å²) in [5, 5.41) is 6.66. The van der Waals surface area contributed by atoms with Crippen molar-refractivity contribution >= 4 is 21.6 Å². The van der Waals surface area contributed by atoms with Crippen LogP contribution in [0.2, 0.25) is 0 Å². The van der Waals surface area contributed by atoms with Gasteiger partial charge < -0.3 is 9.84 Å². The second-order valence-electron chi connectivity index (χ2n) is 6.98. The number of hydrogen-bond donors (Lipinski definition) is 1. The smallest absolute Gasteiger partial charge is 0.243 e. The Bertz CT molecular complexity index is 961. The Kier molecular flexibility index (Phi) is 4.75. The van der Waals surface area contributed by atoms with Crippen LogP contribution in [0.15, 0.2) is 33.7 Å². The summed E-state index contributed by atoms with van der Waals surface area (Å²) in [5.41, 5.74) is 2.42. The molecule has 0 radical (unpaired) electrons. The third kappa shape index (κ3) is 3.76. The first-order valence-electron chi connectivity index (χ1n) is 8.99. The van der Waals surface area contributed by atoms with Gasteiger partial charge in [0.2, 0.25) is 15.9 Å². The molecule has 3 heterocycles. The van der Waals surface area contributed by atoms with Gasteiger partial charge in [-0.3, -0.25) is 9.69 Å². The summed E-state index contributed by atoms with van der Waals surface area (Å²) in [4.78, 5) is 13.9. The van der Waals surface area contributed by atoms with Crippen molar-refractivity contribution in [3.05, 3.63) is 41.3 Å². The fraction of sp³-hybridized carbons (Fsp3) is 0.444. The maximum absolute atomic E-state index is 13.0. The minimum Gasteiger partial charge on any atom is -0.360 e. The van der Waals surface area contributed by atoms with E-state index in [2.05, 4.69) is 15.4 Å². The highest BCUT2D eigenvalue weighted by atomic mass is 32.2. The number of rotatable bonds is 4. The number of sulfonamides is 1. The fourth-order valence-electron chi connectivity index (χ4n) is 3.51. The van der Waals surface area contributed by atoms with E-state index in [0.29, 0.717) is 51.3 Å². The van der Waals surface area contributed by atoms with Crippen LogP contribution in [0.5, 0.6) is 0 Å². The average Bonchev–Trinajstić information content (AvgIpc) is 3.06. The molecule has 9 heteroatoms. The van der Waals surface area contributed by atoms with E-state index < -0.39 is 10.0 Å². The van der Waals surface area contributed by atoms with Gasteiger partial charge in [-0.2, -0.15) is 4.31 Å². The van der Waals surface area contributed by atoms with Crippen LogP contribution >= 0.6 is 0 Å². The van der Waals surface area contributed by atoms with Crippen LogP contribution in [-0.4, -0.2) is 54.9 Å². The number of carbonyl (C=O) groups excluding carboxylic acids is 1. The Morgan fingerprint density at radius 1 is 1.15 bits per heavy atom. The Morgan fingerprint density at radius 2 is 1.93 bits per heavy atom. The number of aryl methyl sites for hydroxylation is 2. The van der Waals surface area contributed by atoms with Gasteiger partial charge in [-0.15, -0.1) is 0 Å². The molecular formula is C18H22N4O4S. The van der Waals surface area contributed by atoms with Crippen molar-refractivity contribution in [2.24, 2.45) is 0 Å². The maximum Gasteiger partial charge on any atom is 0.243 e. The molecule has 0 unspecified atom stereocenters. The zero-order valence-corrected chi connectivity index (χ0v) is 16.0. The van der Waals surface area contributed by atoms with Gasteiger partial charge in [-0.05, 0) is 37.1 Å². The molecule has 2 aromatic rings. The van der Waals surface area contributed by atoms with Crippen LogP contribution in [0.1, 0.15) is 23.4 Å². The van der Waals surface area contributed by atoms with E-state index in [1.807, 2.05) is 13.0 Å². The predicted octanol–water partition coefficient (Wildman–Crippen LogP) is 1.37. The van der Waals surface area contributed by atoms with Crippen LogP contribution in [0, 0.1) is 6.92 Å².